The maximum Gasteiger partial charge on any atom is 0.356 e. The normalized spacial score (nSPS) is 10.1. The number of carbonyl (C=O) groups is 1. The van der Waals surface area contributed by atoms with E-state index in [9.17, 15) is 4.79 Å². The lowest BCUT2D eigenvalue weighted by atomic mass is 10.2. The van der Waals surface area contributed by atoms with Crippen molar-refractivity contribution >= 4 is 33.4 Å². The first kappa shape index (κ1) is 12.5. The number of aromatic nitrogens is 2. The standard InChI is InChI=1S/C12H10BrN3O2/c1-7-2-3-8(13)9(4-7)16-11-6-14-10(5-15-11)12(17)18/h2-6H,1H3,(H,15,16)(H,17,18). The summed E-state index contributed by atoms with van der Waals surface area (Å²) in [5, 5.41) is 11.8. The van der Waals surface area contributed by atoms with Crippen molar-refractivity contribution in [3.63, 3.8) is 0 Å². The molecule has 6 heteroatoms. The van der Waals surface area contributed by atoms with E-state index < -0.39 is 5.97 Å². The Bertz CT molecular complexity index is 584. The average molecular weight is 308 g/mol. The molecule has 1 aromatic carbocycles. The fourth-order valence-corrected chi connectivity index (χ4v) is 1.72. The molecule has 0 aliphatic carbocycles. The zero-order valence-corrected chi connectivity index (χ0v) is 11.1. The molecule has 0 bridgehead atoms. The van der Waals surface area contributed by atoms with E-state index in [1.807, 2.05) is 25.1 Å². The van der Waals surface area contributed by atoms with E-state index in [0.717, 1.165) is 15.7 Å². The van der Waals surface area contributed by atoms with Crippen molar-refractivity contribution in [2.24, 2.45) is 0 Å². The van der Waals surface area contributed by atoms with Gasteiger partial charge in [-0.25, -0.2) is 14.8 Å². The zero-order chi connectivity index (χ0) is 13.1. The van der Waals surface area contributed by atoms with Crippen LogP contribution >= 0.6 is 15.9 Å². The van der Waals surface area contributed by atoms with Crippen LogP contribution in [0.1, 0.15) is 16.1 Å². The molecule has 0 spiro atoms. The largest absolute Gasteiger partial charge is 0.476 e. The molecule has 92 valence electrons. The molecule has 1 heterocycles. The number of hydrogen-bond donors (Lipinski definition) is 2. The van der Waals surface area contributed by atoms with Crippen LogP contribution in [-0.2, 0) is 0 Å². The Morgan fingerprint density at radius 2 is 2.11 bits per heavy atom. The van der Waals surface area contributed by atoms with Crippen LogP contribution in [0.4, 0.5) is 11.5 Å². The summed E-state index contributed by atoms with van der Waals surface area (Å²) in [5.41, 5.74) is 1.88. The Morgan fingerprint density at radius 3 is 2.72 bits per heavy atom. The van der Waals surface area contributed by atoms with Crippen molar-refractivity contribution in [1.29, 1.82) is 0 Å². The average Bonchev–Trinajstić information content (AvgIpc) is 2.34. The molecule has 1 aromatic heterocycles. The number of carboxylic acid groups (broad SMARTS) is 1. The molecular weight excluding hydrogens is 298 g/mol. The Labute approximate surface area is 112 Å². The van der Waals surface area contributed by atoms with Crippen molar-refractivity contribution in [2.45, 2.75) is 6.92 Å². The maximum absolute atomic E-state index is 10.6. The third-order valence-electron chi connectivity index (χ3n) is 2.26. The number of benzene rings is 1. The van der Waals surface area contributed by atoms with Gasteiger partial charge >= 0.3 is 5.97 Å². The number of halogens is 1. The van der Waals surface area contributed by atoms with Gasteiger partial charge in [0.1, 0.15) is 5.82 Å². The molecule has 0 aliphatic rings. The van der Waals surface area contributed by atoms with Gasteiger partial charge in [0.05, 0.1) is 18.1 Å². The smallest absolute Gasteiger partial charge is 0.356 e. The second-order valence-corrected chi connectivity index (χ2v) is 4.55. The summed E-state index contributed by atoms with van der Waals surface area (Å²) in [6.45, 7) is 1.98. The van der Waals surface area contributed by atoms with Gasteiger partial charge in [0, 0.05) is 4.47 Å². The Morgan fingerprint density at radius 1 is 1.33 bits per heavy atom. The summed E-state index contributed by atoms with van der Waals surface area (Å²) >= 11 is 3.42. The van der Waals surface area contributed by atoms with E-state index in [-0.39, 0.29) is 5.69 Å². The second-order valence-electron chi connectivity index (χ2n) is 3.70. The van der Waals surface area contributed by atoms with Gasteiger partial charge in [0.15, 0.2) is 5.69 Å². The van der Waals surface area contributed by atoms with E-state index in [4.69, 9.17) is 5.11 Å². The molecule has 2 N–H and O–H groups in total. The van der Waals surface area contributed by atoms with E-state index in [2.05, 4.69) is 31.2 Å². The van der Waals surface area contributed by atoms with Gasteiger partial charge in [-0.1, -0.05) is 6.07 Å². The number of anilines is 2. The van der Waals surface area contributed by atoms with E-state index in [1.54, 1.807) is 0 Å². The number of nitrogens with zero attached hydrogens (tertiary/aromatic N) is 2. The van der Waals surface area contributed by atoms with Crippen LogP contribution in [0.3, 0.4) is 0 Å². The molecule has 2 aromatic rings. The zero-order valence-electron chi connectivity index (χ0n) is 9.51. The molecule has 0 radical (unpaired) electrons. The number of aromatic carboxylic acids is 1. The first-order valence-electron chi connectivity index (χ1n) is 5.15. The number of nitrogens with one attached hydrogen (secondary N) is 1. The van der Waals surface area contributed by atoms with Crippen LogP contribution in [-0.4, -0.2) is 21.0 Å². The minimum atomic E-state index is -1.09. The van der Waals surface area contributed by atoms with Crippen LogP contribution in [0, 0.1) is 6.92 Å². The highest BCUT2D eigenvalue weighted by Crippen LogP contribution is 2.25. The summed E-state index contributed by atoms with van der Waals surface area (Å²) in [6.07, 6.45) is 2.60. The van der Waals surface area contributed by atoms with Crippen LogP contribution in [0.2, 0.25) is 0 Å². The van der Waals surface area contributed by atoms with Gasteiger partial charge < -0.3 is 10.4 Å². The number of rotatable bonds is 3. The van der Waals surface area contributed by atoms with Gasteiger partial charge in [0.2, 0.25) is 0 Å². The third-order valence-corrected chi connectivity index (χ3v) is 2.95. The maximum atomic E-state index is 10.6. The predicted octanol–water partition coefficient (Wildman–Crippen LogP) is 2.99. The predicted molar refractivity (Wildman–Crippen MR) is 71.2 cm³/mol. The lowest BCUT2D eigenvalue weighted by molar-refractivity contribution is 0.0690. The van der Waals surface area contributed by atoms with Gasteiger partial charge in [-0.15, -0.1) is 0 Å². The summed E-state index contributed by atoms with van der Waals surface area (Å²) in [4.78, 5) is 18.4. The first-order valence-corrected chi connectivity index (χ1v) is 5.94. The minimum absolute atomic E-state index is 0.0798. The molecule has 18 heavy (non-hydrogen) atoms. The third kappa shape index (κ3) is 2.84. The van der Waals surface area contributed by atoms with Crippen LogP contribution in [0.5, 0.6) is 0 Å². The molecule has 0 saturated carbocycles. The quantitative estimate of drug-likeness (QED) is 0.911. The van der Waals surface area contributed by atoms with E-state index in [0.29, 0.717) is 5.82 Å². The molecular formula is C12H10BrN3O2. The van der Waals surface area contributed by atoms with Crippen molar-refractivity contribution in [1.82, 2.24) is 9.97 Å². The van der Waals surface area contributed by atoms with Crippen LogP contribution in [0.15, 0.2) is 35.1 Å². The molecule has 0 atom stereocenters. The van der Waals surface area contributed by atoms with Crippen molar-refractivity contribution in [2.75, 3.05) is 5.32 Å². The monoisotopic (exact) mass is 307 g/mol. The van der Waals surface area contributed by atoms with Crippen molar-refractivity contribution < 1.29 is 9.90 Å². The lowest BCUT2D eigenvalue weighted by Gasteiger charge is -2.08. The molecule has 0 amide bonds. The minimum Gasteiger partial charge on any atom is -0.476 e. The topological polar surface area (TPSA) is 75.1 Å². The van der Waals surface area contributed by atoms with Gasteiger partial charge in [0.25, 0.3) is 0 Å². The lowest BCUT2D eigenvalue weighted by Crippen LogP contribution is -2.03. The van der Waals surface area contributed by atoms with Crippen LogP contribution in [0.25, 0.3) is 0 Å². The van der Waals surface area contributed by atoms with Gasteiger partial charge in [-0.05, 0) is 40.5 Å². The van der Waals surface area contributed by atoms with Crippen molar-refractivity contribution in [3.05, 3.63) is 46.3 Å². The van der Waals surface area contributed by atoms with Crippen LogP contribution < -0.4 is 5.32 Å². The van der Waals surface area contributed by atoms with Crippen molar-refractivity contribution in [3.8, 4) is 0 Å². The van der Waals surface area contributed by atoms with E-state index >= 15 is 0 Å². The Hall–Kier alpha value is -1.95. The number of hydrogen-bond acceptors (Lipinski definition) is 4. The molecule has 0 fully saturated rings. The molecule has 2 rings (SSSR count). The SMILES string of the molecule is Cc1ccc(Br)c(Nc2cnc(C(=O)O)cn2)c1. The molecule has 0 saturated heterocycles. The number of carboxylic acids is 1. The Kier molecular flexibility index (Phi) is 3.57. The molecule has 5 nitrogen and oxygen atoms in total. The molecule has 0 unspecified atom stereocenters. The fourth-order valence-electron chi connectivity index (χ4n) is 1.38. The highest BCUT2D eigenvalue weighted by atomic mass is 79.9. The first-order chi connectivity index (χ1) is 8.56. The van der Waals surface area contributed by atoms with Gasteiger partial charge in [-0.3, -0.25) is 0 Å². The summed E-state index contributed by atoms with van der Waals surface area (Å²) in [6, 6.07) is 5.86. The van der Waals surface area contributed by atoms with E-state index in [1.165, 1.54) is 12.4 Å². The highest BCUT2D eigenvalue weighted by Gasteiger charge is 2.06. The summed E-state index contributed by atoms with van der Waals surface area (Å²) in [7, 11) is 0. The summed E-state index contributed by atoms with van der Waals surface area (Å²) < 4.78 is 0.900. The second kappa shape index (κ2) is 5.14. The Balaban J connectivity index is 2.23. The molecule has 0 aliphatic heterocycles. The van der Waals surface area contributed by atoms with Gasteiger partial charge in [-0.2, -0.15) is 0 Å². The highest BCUT2D eigenvalue weighted by molar-refractivity contribution is 9.10. The fraction of sp³-hybridized carbons (Fsp3) is 0.0833. The number of aryl methyl sites for hydroxylation is 1. The summed E-state index contributed by atoms with van der Waals surface area (Å²) in [5.74, 6) is -0.600.